The van der Waals surface area contributed by atoms with Gasteiger partial charge in [-0.15, -0.1) is 0 Å². The van der Waals surface area contributed by atoms with Gasteiger partial charge in [0.05, 0.1) is 38.8 Å². The standard InChI is InChI=1S/C25H20ClN3O4S2/c1-33-25(30)16-7-8-17(15-5-6-15)24(12-16)35(31,32)29-22-14-18(23-9-11-28-34-23)20(26)13-19(22)21-4-2-3-10-27-21/h2-4,7-15,29H,5-6H2,1H3. The number of ether oxygens (including phenoxy) is 1. The minimum atomic E-state index is -4.08. The fourth-order valence-electron chi connectivity index (χ4n) is 3.88. The average Bonchev–Trinajstić information content (AvgIpc) is 3.58. The molecule has 1 saturated carbocycles. The molecule has 0 aliphatic heterocycles. The molecule has 1 aliphatic carbocycles. The number of aromatic nitrogens is 2. The van der Waals surface area contributed by atoms with Gasteiger partial charge >= 0.3 is 5.97 Å². The van der Waals surface area contributed by atoms with Crippen molar-refractivity contribution in [3.05, 3.63) is 83.1 Å². The summed E-state index contributed by atoms with van der Waals surface area (Å²) in [6, 6.07) is 15.3. The molecule has 2 heterocycles. The predicted octanol–water partition coefficient (Wildman–Crippen LogP) is 5.99. The Balaban J connectivity index is 1.65. The Morgan fingerprint density at radius 1 is 1.09 bits per heavy atom. The van der Waals surface area contributed by atoms with E-state index in [4.69, 9.17) is 16.3 Å². The van der Waals surface area contributed by atoms with E-state index in [1.165, 1.54) is 24.7 Å². The molecule has 0 bridgehead atoms. The summed E-state index contributed by atoms with van der Waals surface area (Å²) >= 11 is 7.86. The zero-order valence-electron chi connectivity index (χ0n) is 18.6. The molecule has 5 rings (SSSR count). The molecule has 2 aromatic carbocycles. The van der Waals surface area contributed by atoms with Crippen LogP contribution in [0.15, 0.2) is 71.9 Å². The van der Waals surface area contributed by atoms with Gasteiger partial charge in [0.1, 0.15) is 0 Å². The number of pyridine rings is 1. The Morgan fingerprint density at radius 2 is 1.91 bits per heavy atom. The van der Waals surface area contributed by atoms with E-state index in [-0.39, 0.29) is 16.4 Å². The first kappa shape index (κ1) is 23.5. The van der Waals surface area contributed by atoms with Crippen molar-refractivity contribution in [2.75, 3.05) is 11.8 Å². The Labute approximate surface area is 212 Å². The van der Waals surface area contributed by atoms with Gasteiger partial charge in [0.25, 0.3) is 10.0 Å². The summed E-state index contributed by atoms with van der Waals surface area (Å²) < 4.78 is 39.2. The minimum Gasteiger partial charge on any atom is -0.465 e. The molecule has 1 aliphatic rings. The Kier molecular flexibility index (Phi) is 6.31. The fraction of sp³-hybridized carbons (Fsp3) is 0.160. The van der Waals surface area contributed by atoms with Gasteiger partial charge in [0.15, 0.2) is 0 Å². The first-order valence-electron chi connectivity index (χ1n) is 10.8. The van der Waals surface area contributed by atoms with Crippen LogP contribution < -0.4 is 4.72 Å². The molecule has 178 valence electrons. The van der Waals surface area contributed by atoms with Crippen molar-refractivity contribution >= 4 is 44.8 Å². The molecule has 1 N–H and O–H groups in total. The third-order valence-corrected chi connectivity index (χ3v) is 8.25. The second-order valence-corrected chi connectivity index (χ2v) is 11.0. The number of rotatable bonds is 7. The summed E-state index contributed by atoms with van der Waals surface area (Å²) in [6.07, 6.45) is 5.09. The van der Waals surface area contributed by atoms with E-state index in [0.717, 1.165) is 17.7 Å². The first-order chi connectivity index (χ1) is 16.9. The topological polar surface area (TPSA) is 98.2 Å². The third-order valence-electron chi connectivity index (χ3n) is 5.74. The van der Waals surface area contributed by atoms with Crippen LogP contribution in [0.1, 0.15) is 34.7 Å². The molecular weight excluding hydrogens is 506 g/mol. The van der Waals surface area contributed by atoms with Gasteiger partial charge in [-0.2, -0.15) is 0 Å². The predicted molar refractivity (Wildman–Crippen MR) is 136 cm³/mol. The highest BCUT2D eigenvalue weighted by atomic mass is 35.5. The summed E-state index contributed by atoms with van der Waals surface area (Å²) in [5.74, 6) is -0.460. The molecule has 0 spiro atoms. The smallest absolute Gasteiger partial charge is 0.337 e. The zero-order chi connectivity index (χ0) is 24.6. The molecule has 7 nitrogen and oxygen atoms in total. The Morgan fingerprint density at radius 3 is 2.57 bits per heavy atom. The maximum absolute atomic E-state index is 13.8. The van der Waals surface area contributed by atoms with Crippen molar-refractivity contribution < 1.29 is 17.9 Å². The number of carbonyl (C=O) groups is 1. The zero-order valence-corrected chi connectivity index (χ0v) is 21.0. The number of esters is 1. The monoisotopic (exact) mass is 525 g/mol. The number of hydrogen-bond donors (Lipinski definition) is 1. The highest BCUT2D eigenvalue weighted by Gasteiger charge is 2.32. The quantitative estimate of drug-likeness (QED) is 0.297. The van der Waals surface area contributed by atoms with E-state index < -0.39 is 16.0 Å². The van der Waals surface area contributed by atoms with Crippen molar-refractivity contribution in [1.82, 2.24) is 9.36 Å². The lowest BCUT2D eigenvalue weighted by molar-refractivity contribution is 0.0600. The van der Waals surface area contributed by atoms with E-state index in [0.29, 0.717) is 33.1 Å². The van der Waals surface area contributed by atoms with Crippen LogP contribution in [0.2, 0.25) is 5.02 Å². The lowest BCUT2D eigenvalue weighted by Gasteiger charge is -2.17. The van der Waals surface area contributed by atoms with Gasteiger partial charge in [0.2, 0.25) is 0 Å². The van der Waals surface area contributed by atoms with Crippen LogP contribution in [0, 0.1) is 0 Å². The molecule has 0 radical (unpaired) electrons. The summed E-state index contributed by atoms with van der Waals surface area (Å²) in [7, 11) is -2.82. The van der Waals surface area contributed by atoms with Gasteiger partial charge in [-0.05, 0) is 78.3 Å². The number of nitrogens with one attached hydrogen (secondary N) is 1. The third kappa shape index (κ3) is 4.80. The van der Waals surface area contributed by atoms with Gasteiger partial charge < -0.3 is 4.74 Å². The van der Waals surface area contributed by atoms with Crippen LogP contribution in [0.5, 0.6) is 0 Å². The first-order valence-corrected chi connectivity index (χ1v) is 13.4. The van der Waals surface area contributed by atoms with E-state index in [1.807, 2.05) is 12.1 Å². The van der Waals surface area contributed by atoms with Crippen LogP contribution in [0.4, 0.5) is 5.69 Å². The highest BCUT2D eigenvalue weighted by Crippen LogP contribution is 2.44. The molecule has 1 fully saturated rings. The molecule has 0 amide bonds. The largest absolute Gasteiger partial charge is 0.465 e. The van der Waals surface area contributed by atoms with Crippen LogP contribution in [0.25, 0.3) is 21.7 Å². The Bertz CT molecular complexity index is 1500. The SMILES string of the molecule is COC(=O)c1ccc(C2CC2)c(S(=O)(=O)Nc2cc(-c3ccns3)c(Cl)cc2-c2ccccn2)c1. The van der Waals surface area contributed by atoms with Crippen molar-refractivity contribution in [1.29, 1.82) is 0 Å². The number of sulfonamides is 1. The van der Waals surface area contributed by atoms with Crippen LogP contribution in [0.3, 0.4) is 0 Å². The molecular formula is C25H20ClN3O4S2. The second-order valence-electron chi connectivity index (χ2n) is 8.09. The lowest BCUT2D eigenvalue weighted by Crippen LogP contribution is -2.17. The van der Waals surface area contributed by atoms with Crippen molar-refractivity contribution in [2.24, 2.45) is 0 Å². The van der Waals surface area contributed by atoms with E-state index >= 15 is 0 Å². The number of hydrogen-bond acceptors (Lipinski definition) is 7. The molecule has 4 aromatic rings. The fourth-order valence-corrected chi connectivity index (χ4v) is 6.22. The molecule has 0 atom stereocenters. The maximum atomic E-state index is 13.8. The van der Waals surface area contributed by atoms with E-state index in [2.05, 4.69) is 14.1 Å². The van der Waals surface area contributed by atoms with Crippen LogP contribution >= 0.6 is 23.1 Å². The summed E-state index contributed by atoms with van der Waals surface area (Å²) in [5.41, 5.74) is 2.92. The second kappa shape index (κ2) is 9.41. The number of halogens is 1. The van der Waals surface area contributed by atoms with E-state index in [9.17, 15) is 13.2 Å². The van der Waals surface area contributed by atoms with E-state index in [1.54, 1.807) is 48.8 Å². The average molecular weight is 526 g/mol. The minimum absolute atomic E-state index is 0.0594. The molecule has 10 heteroatoms. The molecule has 2 aromatic heterocycles. The number of methoxy groups -OCH3 is 1. The van der Waals surface area contributed by atoms with Gasteiger partial charge in [-0.25, -0.2) is 17.6 Å². The van der Waals surface area contributed by atoms with Crippen LogP contribution in [-0.2, 0) is 14.8 Å². The van der Waals surface area contributed by atoms with Crippen LogP contribution in [-0.4, -0.2) is 30.9 Å². The summed E-state index contributed by atoms with van der Waals surface area (Å²) in [4.78, 5) is 17.4. The number of carbonyl (C=O) groups excluding carboxylic acids is 1. The lowest BCUT2D eigenvalue weighted by atomic mass is 10.0. The molecule has 0 saturated heterocycles. The summed E-state index contributed by atoms with van der Waals surface area (Å²) in [5, 5.41) is 0.448. The number of anilines is 1. The van der Waals surface area contributed by atoms with Gasteiger partial charge in [-0.3, -0.25) is 9.71 Å². The van der Waals surface area contributed by atoms with Gasteiger partial charge in [-0.1, -0.05) is 23.7 Å². The molecule has 0 unspecified atom stereocenters. The highest BCUT2D eigenvalue weighted by molar-refractivity contribution is 7.92. The Hall–Kier alpha value is -3.27. The number of nitrogens with zero attached hydrogens (tertiary/aromatic N) is 2. The van der Waals surface area contributed by atoms with Crippen molar-refractivity contribution in [3.63, 3.8) is 0 Å². The normalized spacial score (nSPS) is 13.4. The number of benzene rings is 2. The summed E-state index contributed by atoms with van der Waals surface area (Å²) in [6.45, 7) is 0. The molecule has 35 heavy (non-hydrogen) atoms. The van der Waals surface area contributed by atoms with Gasteiger partial charge in [0, 0.05) is 23.5 Å². The maximum Gasteiger partial charge on any atom is 0.337 e. The van der Waals surface area contributed by atoms with Crippen molar-refractivity contribution in [3.8, 4) is 21.7 Å². The van der Waals surface area contributed by atoms with Crippen molar-refractivity contribution in [2.45, 2.75) is 23.7 Å².